The van der Waals surface area contributed by atoms with Crippen molar-refractivity contribution in [1.29, 1.82) is 5.26 Å². The number of ether oxygens (including phenoxy) is 1. The molecule has 0 bridgehead atoms. The lowest BCUT2D eigenvalue weighted by Gasteiger charge is -2.08. The van der Waals surface area contributed by atoms with Gasteiger partial charge in [-0.15, -0.1) is 0 Å². The van der Waals surface area contributed by atoms with Crippen molar-refractivity contribution < 1.29 is 9.53 Å². The number of aromatic nitrogens is 1. The van der Waals surface area contributed by atoms with E-state index in [1.54, 1.807) is 48.7 Å². The predicted octanol–water partition coefficient (Wildman–Crippen LogP) is 4.33. The van der Waals surface area contributed by atoms with Gasteiger partial charge in [0.1, 0.15) is 29.0 Å². The van der Waals surface area contributed by atoms with Gasteiger partial charge in [-0.1, -0.05) is 24.3 Å². The highest BCUT2D eigenvalue weighted by Gasteiger charge is 2.09. The zero-order valence-corrected chi connectivity index (χ0v) is 14.3. The maximum absolute atomic E-state index is 12.2. The summed E-state index contributed by atoms with van der Waals surface area (Å²) in [6.07, 6.45) is 2.94. The Hall–Kier alpha value is -4.11. The van der Waals surface area contributed by atoms with Gasteiger partial charge in [0.05, 0.1) is 0 Å². The van der Waals surface area contributed by atoms with E-state index >= 15 is 0 Å². The molecule has 0 unspecified atom stereocenters. The van der Waals surface area contributed by atoms with Gasteiger partial charge in [-0.3, -0.25) is 4.79 Å². The average molecular weight is 356 g/mol. The third-order valence-electron chi connectivity index (χ3n) is 3.49. The summed E-state index contributed by atoms with van der Waals surface area (Å²) in [6.45, 7) is 0. The minimum absolute atomic E-state index is 0.0646. The number of benzene rings is 2. The molecule has 1 aromatic heterocycles. The van der Waals surface area contributed by atoms with Crippen LogP contribution in [0.15, 0.2) is 90.8 Å². The lowest BCUT2D eigenvalue weighted by molar-refractivity contribution is -0.112. The molecule has 2 N–H and O–H groups in total. The van der Waals surface area contributed by atoms with Crippen LogP contribution in [0.4, 0.5) is 11.5 Å². The molecule has 132 valence electrons. The first kappa shape index (κ1) is 17.7. The summed E-state index contributed by atoms with van der Waals surface area (Å²) >= 11 is 0. The summed E-state index contributed by atoms with van der Waals surface area (Å²) in [7, 11) is 0. The number of nitrogens with one attached hydrogen (secondary N) is 2. The summed E-state index contributed by atoms with van der Waals surface area (Å²) in [5.41, 5.74) is 0.490. The van der Waals surface area contributed by atoms with Gasteiger partial charge < -0.3 is 15.4 Å². The Balaban J connectivity index is 1.61. The first-order valence-electron chi connectivity index (χ1n) is 8.17. The van der Waals surface area contributed by atoms with E-state index in [0.29, 0.717) is 17.3 Å². The minimum Gasteiger partial charge on any atom is -0.457 e. The topological polar surface area (TPSA) is 87.0 Å². The first-order valence-corrected chi connectivity index (χ1v) is 8.17. The van der Waals surface area contributed by atoms with E-state index in [0.717, 1.165) is 5.75 Å². The van der Waals surface area contributed by atoms with Crippen molar-refractivity contribution in [2.45, 2.75) is 0 Å². The van der Waals surface area contributed by atoms with Crippen LogP contribution in [-0.2, 0) is 4.79 Å². The van der Waals surface area contributed by atoms with E-state index in [9.17, 15) is 10.1 Å². The van der Waals surface area contributed by atoms with Gasteiger partial charge in [0.25, 0.3) is 5.91 Å². The molecule has 0 aliphatic carbocycles. The van der Waals surface area contributed by atoms with Gasteiger partial charge in [-0.2, -0.15) is 5.26 Å². The Morgan fingerprint density at radius 3 is 2.33 bits per heavy atom. The summed E-state index contributed by atoms with van der Waals surface area (Å²) in [5.74, 6) is 1.40. The maximum atomic E-state index is 12.2. The van der Waals surface area contributed by atoms with Gasteiger partial charge in [-0.05, 0) is 48.5 Å². The largest absolute Gasteiger partial charge is 0.457 e. The minimum atomic E-state index is -0.516. The van der Waals surface area contributed by atoms with E-state index in [1.165, 1.54) is 6.20 Å². The van der Waals surface area contributed by atoms with Crippen LogP contribution in [-0.4, -0.2) is 10.9 Å². The van der Waals surface area contributed by atoms with Crippen molar-refractivity contribution in [3.63, 3.8) is 0 Å². The van der Waals surface area contributed by atoms with E-state index < -0.39 is 5.91 Å². The highest BCUT2D eigenvalue weighted by atomic mass is 16.5. The molecule has 0 atom stereocenters. The van der Waals surface area contributed by atoms with Crippen LogP contribution >= 0.6 is 0 Å². The molecule has 6 nitrogen and oxygen atoms in total. The highest BCUT2D eigenvalue weighted by Crippen LogP contribution is 2.22. The number of nitriles is 1. The van der Waals surface area contributed by atoms with Crippen molar-refractivity contribution in [2.75, 3.05) is 10.6 Å². The van der Waals surface area contributed by atoms with E-state index in [1.807, 2.05) is 36.4 Å². The molecule has 0 aliphatic heterocycles. The fourth-order valence-electron chi connectivity index (χ4n) is 2.17. The number of amides is 1. The molecule has 2 aromatic carbocycles. The fourth-order valence-corrected chi connectivity index (χ4v) is 2.17. The Morgan fingerprint density at radius 1 is 0.963 bits per heavy atom. The number of para-hydroxylation sites is 1. The molecule has 3 rings (SSSR count). The average Bonchev–Trinajstić information content (AvgIpc) is 2.71. The molecule has 0 fully saturated rings. The number of nitrogens with zero attached hydrogens (tertiary/aromatic N) is 2. The standard InChI is InChI=1S/C21H16N4O2/c22-14-16(15-24-20-8-4-5-13-23-20)21(26)25-17-9-11-19(12-10-17)27-18-6-2-1-3-7-18/h1-13,15H,(H,23,24)(H,25,26)/b16-15-. The van der Waals surface area contributed by atoms with E-state index in [-0.39, 0.29) is 5.57 Å². The molecular weight excluding hydrogens is 340 g/mol. The molecule has 0 radical (unpaired) electrons. The van der Waals surface area contributed by atoms with Crippen LogP contribution < -0.4 is 15.4 Å². The van der Waals surface area contributed by atoms with Gasteiger partial charge in [-0.25, -0.2) is 4.98 Å². The summed E-state index contributed by atoms with van der Waals surface area (Å²) in [4.78, 5) is 16.3. The van der Waals surface area contributed by atoms with Crippen molar-refractivity contribution >= 4 is 17.4 Å². The van der Waals surface area contributed by atoms with E-state index in [4.69, 9.17) is 4.74 Å². The monoisotopic (exact) mass is 356 g/mol. The zero-order chi connectivity index (χ0) is 18.9. The second kappa shape index (κ2) is 8.83. The molecular formula is C21H16N4O2. The fraction of sp³-hybridized carbons (Fsp3) is 0. The van der Waals surface area contributed by atoms with Crippen molar-refractivity contribution in [2.24, 2.45) is 0 Å². The SMILES string of the molecule is N#C/C(=C/Nc1ccccn1)C(=O)Nc1ccc(Oc2ccccc2)cc1. The molecule has 0 spiro atoms. The van der Waals surface area contributed by atoms with Gasteiger partial charge in [0.2, 0.25) is 0 Å². The Bertz CT molecular complexity index is 963. The number of anilines is 2. The zero-order valence-electron chi connectivity index (χ0n) is 14.3. The normalized spacial score (nSPS) is 10.6. The van der Waals surface area contributed by atoms with Gasteiger partial charge in [0.15, 0.2) is 0 Å². The second-order valence-corrected chi connectivity index (χ2v) is 5.42. The quantitative estimate of drug-likeness (QED) is 0.507. The second-order valence-electron chi connectivity index (χ2n) is 5.42. The molecule has 1 heterocycles. The third-order valence-corrected chi connectivity index (χ3v) is 3.49. The molecule has 27 heavy (non-hydrogen) atoms. The molecule has 0 saturated carbocycles. The number of hydrogen-bond acceptors (Lipinski definition) is 5. The highest BCUT2D eigenvalue weighted by molar-refractivity contribution is 6.06. The molecule has 0 saturated heterocycles. The first-order chi connectivity index (χ1) is 13.2. The van der Waals surface area contributed by atoms with Crippen LogP contribution in [0.25, 0.3) is 0 Å². The van der Waals surface area contributed by atoms with Gasteiger partial charge in [0, 0.05) is 18.1 Å². The smallest absolute Gasteiger partial charge is 0.267 e. The maximum Gasteiger partial charge on any atom is 0.267 e. The van der Waals surface area contributed by atoms with Crippen LogP contribution in [0.3, 0.4) is 0 Å². The van der Waals surface area contributed by atoms with Crippen LogP contribution in [0.1, 0.15) is 0 Å². The lowest BCUT2D eigenvalue weighted by atomic mass is 10.2. The molecule has 0 aliphatic rings. The van der Waals surface area contributed by atoms with Crippen LogP contribution in [0, 0.1) is 11.3 Å². The summed E-state index contributed by atoms with van der Waals surface area (Å²) in [5, 5.41) is 14.7. The number of hydrogen-bond donors (Lipinski definition) is 2. The van der Waals surface area contributed by atoms with Crippen molar-refractivity contribution in [1.82, 2.24) is 4.98 Å². The Labute approximate surface area is 156 Å². The third kappa shape index (κ3) is 5.18. The predicted molar refractivity (Wildman–Crippen MR) is 103 cm³/mol. The number of rotatable bonds is 6. The van der Waals surface area contributed by atoms with Crippen LogP contribution in [0.2, 0.25) is 0 Å². The van der Waals surface area contributed by atoms with E-state index in [2.05, 4.69) is 15.6 Å². The van der Waals surface area contributed by atoms with Gasteiger partial charge >= 0.3 is 0 Å². The number of carbonyl (C=O) groups excluding carboxylic acids is 1. The summed E-state index contributed by atoms with van der Waals surface area (Å²) < 4.78 is 5.70. The number of pyridine rings is 1. The lowest BCUT2D eigenvalue weighted by Crippen LogP contribution is -2.14. The Kier molecular flexibility index (Phi) is 5.79. The summed E-state index contributed by atoms with van der Waals surface area (Å²) in [6, 6.07) is 23.5. The Morgan fingerprint density at radius 2 is 1.67 bits per heavy atom. The molecule has 3 aromatic rings. The number of carbonyl (C=O) groups is 1. The van der Waals surface area contributed by atoms with Crippen molar-refractivity contribution in [3.05, 3.63) is 90.8 Å². The van der Waals surface area contributed by atoms with Crippen LogP contribution in [0.5, 0.6) is 11.5 Å². The van der Waals surface area contributed by atoms with Crippen molar-refractivity contribution in [3.8, 4) is 17.6 Å². The molecule has 1 amide bonds. The molecule has 6 heteroatoms.